The number of nitrogens with two attached hydrogens (primary N) is 1. The fourth-order valence-electron chi connectivity index (χ4n) is 1.83. The van der Waals surface area contributed by atoms with Crippen LogP contribution in [0.3, 0.4) is 0 Å². The second kappa shape index (κ2) is 6.13. The van der Waals surface area contributed by atoms with Crippen LogP contribution >= 0.6 is 15.9 Å². The van der Waals surface area contributed by atoms with Crippen LogP contribution in [0, 0.1) is 12.7 Å². The van der Waals surface area contributed by atoms with Crippen molar-refractivity contribution in [3.63, 3.8) is 0 Å². The van der Waals surface area contributed by atoms with Crippen LogP contribution in [0.25, 0.3) is 0 Å². The quantitative estimate of drug-likeness (QED) is 0.865. The summed E-state index contributed by atoms with van der Waals surface area (Å²) in [6.07, 6.45) is 0. The molecule has 0 amide bonds. The smallest absolute Gasteiger partial charge is 0.264 e. The Hall–Kier alpha value is -1.44. The number of nitrogens with one attached hydrogen (secondary N) is 1. The first-order chi connectivity index (χ1) is 9.83. The van der Waals surface area contributed by atoms with Crippen LogP contribution in [0.4, 0.5) is 10.1 Å². The van der Waals surface area contributed by atoms with Crippen LogP contribution in [-0.4, -0.2) is 8.42 Å². The average Bonchev–Trinajstić information content (AvgIpc) is 2.41. The standard InChI is InChI=1S/C14H14BrFN2O2S/c1-9-6-11(15)3-4-13(9)18-21(19,20)14-5-2-10(8-17)7-12(14)16/h2-7,18H,8,17H2,1H3. The molecule has 112 valence electrons. The number of aryl methyl sites for hydroxylation is 1. The second-order valence-corrected chi connectivity index (χ2v) is 7.10. The van der Waals surface area contributed by atoms with Gasteiger partial charge in [-0.15, -0.1) is 0 Å². The van der Waals surface area contributed by atoms with Gasteiger partial charge < -0.3 is 5.73 Å². The minimum atomic E-state index is -3.99. The monoisotopic (exact) mass is 372 g/mol. The molecule has 0 saturated heterocycles. The van der Waals surface area contributed by atoms with E-state index < -0.39 is 20.7 Å². The van der Waals surface area contributed by atoms with Crippen molar-refractivity contribution in [2.24, 2.45) is 5.73 Å². The Morgan fingerprint density at radius 2 is 1.95 bits per heavy atom. The Morgan fingerprint density at radius 3 is 2.52 bits per heavy atom. The van der Waals surface area contributed by atoms with Crippen LogP contribution in [0.2, 0.25) is 0 Å². The van der Waals surface area contributed by atoms with E-state index in [4.69, 9.17) is 5.73 Å². The lowest BCUT2D eigenvalue weighted by Gasteiger charge is -2.12. The van der Waals surface area contributed by atoms with Crippen molar-refractivity contribution in [3.05, 3.63) is 57.8 Å². The third kappa shape index (κ3) is 3.61. The van der Waals surface area contributed by atoms with Crippen molar-refractivity contribution in [3.8, 4) is 0 Å². The highest BCUT2D eigenvalue weighted by Crippen LogP contribution is 2.24. The van der Waals surface area contributed by atoms with Crippen molar-refractivity contribution in [1.82, 2.24) is 0 Å². The normalized spacial score (nSPS) is 11.4. The van der Waals surface area contributed by atoms with Gasteiger partial charge in [-0.05, 0) is 48.4 Å². The van der Waals surface area contributed by atoms with Gasteiger partial charge in [-0.25, -0.2) is 12.8 Å². The van der Waals surface area contributed by atoms with Crippen molar-refractivity contribution < 1.29 is 12.8 Å². The Kier molecular flexibility index (Phi) is 4.65. The molecule has 2 aromatic rings. The predicted octanol–water partition coefficient (Wildman–Crippen LogP) is 3.16. The van der Waals surface area contributed by atoms with Crippen molar-refractivity contribution in [1.29, 1.82) is 0 Å². The molecule has 0 spiro atoms. The van der Waals surface area contributed by atoms with Crippen LogP contribution < -0.4 is 10.5 Å². The molecule has 0 heterocycles. The maximum Gasteiger partial charge on any atom is 0.264 e. The van der Waals surface area contributed by atoms with Gasteiger partial charge in [0.05, 0.1) is 5.69 Å². The van der Waals surface area contributed by atoms with Gasteiger partial charge in [0, 0.05) is 11.0 Å². The lowest BCUT2D eigenvalue weighted by Crippen LogP contribution is -2.15. The third-order valence-electron chi connectivity index (χ3n) is 2.95. The van der Waals surface area contributed by atoms with Gasteiger partial charge in [0.15, 0.2) is 0 Å². The van der Waals surface area contributed by atoms with Gasteiger partial charge in [0.1, 0.15) is 10.7 Å². The SMILES string of the molecule is Cc1cc(Br)ccc1NS(=O)(=O)c1ccc(CN)cc1F. The molecule has 0 aliphatic rings. The summed E-state index contributed by atoms with van der Waals surface area (Å²) in [5.74, 6) is -0.819. The molecule has 0 aromatic heterocycles. The number of anilines is 1. The molecule has 3 N–H and O–H groups in total. The van der Waals surface area contributed by atoms with E-state index in [1.54, 1.807) is 25.1 Å². The molecule has 0 aliphatic carbocycles. The second-order valence-electron chi connectivity index (χ2n) is 4.53. The van der Waals surface area contributed by atoms with Gasteiger partial charge in [-0.1, -0.05) is 22.0 Å². The maximum absolute atomic E-state index is 13.9. The summed E-state index contributed by atoms with van der Waals surface area (Å²) in [6, 6.07) is 8.93. The first-order valence-electron chi connectivity index (χ1n) is 6.11. The maximum atomic E-state index is 13.9. The minimum Gasteiger partial charge on any atom is -0.326 e. The first-order valence-corrected chi connectivity index (χ1v) is 8.38. The van der Waals surface area contributed by atoms with Crippen molar-refractivity contribution in [2.75, 3.05) is 4.72 Å². The number of sulfonamides is 1. The summed E-state index contributed by atoms with van der Waals surface area (Å²) >= 11 is 3.30. The molecule has 0 radical (unpaired) electrons. The van der Waals surface area contributed by atoms with E-state index >= 15 is 0 Å². The Balaban J connectivity index is 2.38. The molecule has 0 unspecified atom stereocenters. The topological polar surface area (TPSA) is 72.2 Å². The number of halogens is 2. The molecular formula is C14H14BrFN2O2S. The van der Waals surface area contributed by atoms with E-state index in [0.29, 0.717) is 11.3 Å². The largest absolute Gasteiger partial charge is 0.326 e. The minimum absolute atomic E-state index is 0.149. The molecule has 21 heavy (non-hydrogen) atoms. The molecule has 0 saturated carbocycles. The van der Waals surface area contributed by atoms with Gasteiger partial charge in [-0.2, -0.15) is 0 Å². The zero-order valence-electron chi connectivity index (χ0n) is 11.2. The van der Waals surface area contributed by atoms with E-state index in [0.717, 1.165) is 16.1 Å². The van der Waals surface area contributed by atoms with Crippen LogP contribution in [0.5, 0.6) is 0 Å². The first kappa shape index (κ1) is 15.9. The molecule has 0 bridgehead atoms. The summed E-state index contributed by atoms with van der Waals surface area (Å²) in [5.41, 5.74) is 7.06. The highest BCUT2D eigenvalue weighted by molar-refractivity contribution is 9.10. The van der Waals surface area contributed by atoms with Gasteiger partial charge >= 0.3 is 0 Å². The molecule has 2 aromatic carbocycles. The molecule has 4 nitrogen and oxygen atoms in total. The zero-order valence-corrected chi connectivity index (χ0v) is 13.6. The average molecular weight is 373 g/mol. The molecule has 2 rings (SSSR count). The van der Waals surface area contributed by atoms with Gasteiger partial charge in [-0.3, -0.25) is 4.72 Å². The molecule has 0 aliphatic heterocycles. The van der Waals surface area contributed by atoms with E-state index in [1.807, 2.05) is 0 Å². The van der Waals surface area contributed by atoms with Gasteiger partial charge in [0.2, 0.25) is 0 Å². The Morgan fingerprint density at radius 1 is 1.24 bits per heavy atom. The zero-order chi connectivity index (χ0) is 15.6. The number of hydrogen-bond acceptors (Lipinski definition) is 3. The van der Waals surface area contributed by atoms with E-state index in [-0.39, 0.29) is 6.54 Å². The summed E-state index contributed by atoms with van der Waals surface area (Å²) in [5, 5.41) is 0. The molecular weight excluding hydrogens is 359 g/mol. The summed E-state index contributed by atoms with van der Waals surface area (Å²) in [6.45, 7) is 1.91. The van der Waals surface area contributed by atoms with Crippen LogP contribution in [-0.2, 0) is 16.6 Å². The van der Waals surface area contributed by atoms with Crippen molar-refractivity contribution in [2.45, 2.75) is 18.4 Å². The highest BCUT2D eigenvalue weighted by Gasteiger charge is 2.20. The summed E-state index contributed by atoms with van der Waals surface area (Å²) < 4.78 is 41.7. The van der Waals surface area contributed by atoms with E-state index in [1.165, 1.54) is 12.1 Å². The van der Waals surface area contributed by atoms with Gasteiger partial charge in [0.25, 0.3) is 10.0 Å². The molecule has 0 fully saturated rings. The van der Waals surface area contributed by atoms with Crippen molar-refractivity contribution >= 4 is 31.6 Å². The number of hydrogen-bond donors (Lipinski definition) is 2. The van der Waals surface area contributed by atoms with Crippen LogP contribution in [0.15, 0.2) is 45.8 Å². The Bertz CT molecular complexity index is 779. The van der Waals surface area contributed by atoms with E-state index in [9.17, 15) is 12.8 Å². The third-order valence-corrected chi connectivity index (χ3v) is 4.85. The molecule has 0 atom stereocenters. The van der Waals surface area contributed by atoms with Crippen LogP contribution in [0.1, 0.15) is 11.1 Å². The predicted molar refractivity (Wildman–Crippen MR) is 84.0 cm³/mol. The number of benzene rings is 2. The lowest BCUT2D eigenvalue weighted by molar-refractivity contribution is 0.569. The lowest BCUT2D eigenvalue weighted by atomic mass is 10.2. The Labute approximate surface area is 131 Å². The summed E-state index contributed by atoms with van der Waals surface area (Å²) in [7, 11) is -3.99. The summed E-state index contributed by atoms with van der Waals surface area (Å²) in [4.78, 5) is -0.401. The number of rotatable bonds is 4. The van der Waals surface area contributed by atoms with E-state index in [2.05, 4.69) is 20.7 Å². The fourth-order valence-corrected chi connectivity index (χ4v) is 3.50. The highest BCUT2D eigenvalue weighted by atomic mass is 79.9. The fraction of sp³-hybridized carbons (Fsp3) is 0.143. The molecule has 7 heteroatoms.